The van der Waals surface area contributed by atoms with E-state index >= 15 is 0 Å². The van der Waals surface area contributed by atoms with Gasteiger partial charge >= 0.3 is 0 Å². The first-order chi connectivity index (χ1) is 6.77. The van der Waals surface area contributed by atoms with E-state index in [2.05, 4.69) is 21.5 Å². The molecular formula is C10H9N3S. The molecule has 2 rings (SSSR count). The van der Waals surface area contributed by atoms with E-state index in [1.165, 1.54) is 6.33 Å². The van der Waals surface area contributed by atoms with Crippen LogP contribution in [0.5, 0.6) is 0 Å². The lowest BCUT2D eigenvalue weighted by Gasteiger charge is -1.99. The van der Waals surface area contributed by atoms with E-state index in [1.807, 2.05) is 12.3 Å². The van der Waals surface area contributed by atoms with Crippen molar-refractivity contribution in [1.29, 1.82) is 0 Å². The van der Waals surface area contributed by atoms with Crippen LogP contribution in [0.15, 0.2) is 30.7 Å². The van der Waals surface area contributed by atoms with E-state index in [1.54, 1.807) is 23.7 Å². The third kappa shape index (κ3) is 1.70. The molecule has 0 aliphatic heterocycles. The van der Waals surface area contributed by atoms with E-state index in [4.69, 9.17) is 0 Å². The van der Waals surface area contributed by atoms with Gasteiger partial charge in [-0.2, -0.15) is 0 Å². The second-order valence-corrected chi connectivity index (χ2v) is 3.76. The lowest BCUT2D eigenvalue weighted by molar-refractivity contribution is 1.15. The van der Waals surface area contributed by atoms with E-state index < -0.39 is 0 Å². The van der Waals surface area contributed by atoms with Crippen LogP contribution in [-0.2, 0) is 0 Å². The second kappa shape index (κ2) is 3.67. The molecule has 0 unspecified atom stereocenters. The smallest absolute Gasteiger partial charge is 0.123 e. The van der Waals surface area contributed by atoms with Crippen LogP contribution in [0.4, 0.5) is 0 Å². The maximum atomic E-state index is 4.35. The molecule has 2 aromatic rings. The third-order valence-corrected chi connectivity index (χ3v) is 2.81. The van der Waals surface area contributed by atoms with Crippen LogP contribution in [0.25, 0.3) is 5.57 Å². The third-order valence-electron chi connectivity index (χ3n) is 1.79. The number of hydrogen-bond acceptors (Lipinski definition) is 4. The second-order valence-electron chi connectivity index (χ2n) is 2.90. The van der Waals surface area contributed by atoms with Gasteiger partial charge in [0.1, 0.15) is 11.3 Å². The Balaban J connectivity index is 2.34. The summed E-state index contributed by atoms with van der Waals surface area (Å²) in [6, 6.07) is 0. The summed E-state index contributed by atoms with van der Waals surface area (Å²) < 4.78 is 0. The Labute approximate surface area is 86.2 Å². The Morgan fingerprint density at radius 1 is 1.36 bits per heavy atom. The molecule has 0 saturated carbocycles. The van der Waals surface area contributed by atoms with Crippen molar-refractivity contribution in [3.63, 3.8) is 0 Å². The molecule has 0 spiro atoms. The fourth-order valence-corrected chi connectivity index (χ4v) is 1.86. The molecule has 0 bridgehead atoms. The molecule has 0 amide bonds. The highest BCUT2D eigenvalue weighted by Gasteiger charge is 2.05. The molecule has 3 nitrogen and oxygen atoms in total. The van der Waals surface area contributed by atoms with Crippen molar-refractivity contribution in [2.75, 3.05) is 0 Å². The van der Waals surface area contributed by atoms with Crippen molar-refractivity contribution in [3.8, 4) is 0 Å². The first-order valence-corrected chi connectivity index (χ1v) is 5.02. The summed E-state index contributed by atoms with van der Waals surface area (Å²) >= 11 is 1.59. The van der Waals surface area contributed by atoms with Crippen molar-refractivity contribution in [3.05, 3.63) is 46.9 Å². The Kier molecular flexibility index (Phi) is 2.37. The molecule has 0 saturated heterocycles. The maximum Gasteiger partial charge on any atom is 0.123 e. The van der Waals surface area contributed by atoms with Crippen LogP contribution in [0, 0.1) is 6.92 Å². The SMILES string of the molecule is C=C(c1cncnc1)c1nc(C)cs1. The van der Waals surface area contributed by atoms with E-state index in [-0.39, 0.29) is 0 Å². The average molecular weight is 203 g/mol. The normalized spacial score (nSPS) is 10.1. The number of thiazole rings is 1. The molecule has 0 fully saturated rings. The summed E-state index contributed by atoms with van der Waals surface area (Å²) in [6.45, 7) is 5.94. The predicted molar refractivity (Wildman–Crippen MR) is 57.0 cm³/mol. The standard InChI is InChI=1S/C10H9N3S/c1-7-5-14-10(13-7)8(2)9-3-11-6-12-4-9/h3-6H,2H2,1H3. The van der Waals surface area contributed by atoms with E-state index in [9.17, 15) is 0 Å². The summed E-state index contributed by atoms with van der Waals surface area (Å²) in [5, 5.41) is 2.93. The fourth-order valence-electron chi connectivity index (χ4n) is 1.07. The van der Waals surface area contributed by atoms with Gasteiger partial charge < -0.3 is 0 Å². The zero-order valence-corrected chi connectivity index (χ0v) is 8.58. The Morgan fingerprint density at radius 3 is 2.64 bits per heavy atom. The Bertz CT molecular complexity index is 447. The van der Waals surface area contributed by atoms with Gasteiger partial charge in [-0.25, -0.2) is 15.0 Å². The Morgan fingerprint density at radius 2 is 2.07 bits per heavy atom. The van der Waals surface area contributed by atoms with Gasteiger partial charge in [0.05, 0.1) is 0 Å². The highest BCUT2D eigenvalue weighted by atomic mass is 32.1. The van der Waals surface area contributed by atoms with Crippen LogP contribution in [-0.4, -0.2) is 15.0 Å². The highest BCUT2D eigenvalue weighted by molar-refractivity contribution is 7.10. The summed E-state index contributed by atoms with van der Waals surface area (Å²) in [7, 11) is 0. The van der Waals surface area contributed by atoms with Gasteiger partial charge in [-0.3, -0.25) is 0 Å². The van der Waals surface area contributed by atoms with Gasteiger partial charge in [0.25, 0.3) is 0 Å². The number of rotatable bonds is 2. The largest absolute Gasteiger partial charge is 0.244 e. The zero-order valence-electron chi connectivity index (χ0n) is 7.77. The van der Waals surface area contributed by atoms with Crippen LogP contribution in [0.1, 0.15) is 16.3 Å². The first-order valence-electron chi connectivity index (χ1n) is 4.14. The highest BCUT2D eigenvalue weighted by Crippen LogP contribution is 2.22. The fraction of sp³-hybridized carbons (Fsp3) is 0.100. The van der Waals surface area contributed by atoms with Crippen LogP contribution in [0.3, 0.4) is 0 Å². The predicted octanol–water partition coefficient (Wildman–Crippen LogP) is 2.30. The molecule has 0 aromatic carbocycles. The monoisotopic (exact) mass is 203 g/mol. The average Bonchev–Trinajstić information content (AvgIpc) is 2.65. The zero-order chi connectivity index (χ0) is 9.97. The number of nitrogens with zero attached hydrogens (tertiary/aromatic N) is 3. The van der Waals surface area contributed by atoms with Gasteiger partial charge in [0.15, 0.2) is 0 Å². The van der Waals surface area contributed by atoms with Crippen molar-refractivity contribution in [1.82, 2.24) is 15.0 Å². The summed E-state index contributed by atoms with van der Waals surface area (Å²) in [5.74, 6) is 0. The molecule has 70 valence electrons. The lowest BCUT2D eigenvalue weighted by Crippen LogP contribution is -1.88. The first kappa shape index (κ1) is 9.02. The van der Waals surface area contributed by atoms with Crippen molar-refractivity contribution in [2.45, 2.75) is 6.92 Å². The number of aromatic nitrogens is 3. The maximum absolute atomic E-state index is 4.35. The van der Waals surface area contributed by atoms with Crippen molar-refractivity contribution < 1.29 is 0 Å². The molecule has 2 aromatic heterocycles. The molecule has 2 heterocycles. The van der Waals surface area contributed by atoms with Crippen LogP contribution < -0.4 is 0 Å². The molecule has 0 aliphatic rings. The van der Waals surface area contributed by atoms with Gasteiger partial charge in [0.2, 0.25) is 0 Å². The molecular weight excluding hydrogens is 194 g/mol. The molecule has 4 heteroatoms. The molecule has 14 heavy (non-hydrogen) atoms. The molecule has 0 radical (unpaired) electrons. The van der Waals surface area contributed by atoms with Gasteiger partial charge in [-0.05, 0) is 6.92 Å². The summed E-state index contributed by atoms with van der Waals surface area (Å²) in [6.07, 6.45) is 4.99. The van der Waals surface area contributed by atoms with Crippen molar-refractivity contribution >= 4 is 16.9 Å². The topological polar surface area (TPSA) is 38.7 Å². The minimum atomic E-state index is 0.878. The minimum Gasteiger partial charge on any atom is -0.244 e. The quantitative estimate of drug-likeness (QED) is 0.751. The number of aryl methyl sites for hydroxylation is 1. The van der Waals surface area contributed by atoms with Crippen LogP contribution >= 0.6 is 11.3 Å². The summed E-state index contributed by atoms with van der Waals surface area (Å²) in [5.41, 5.74) is 2.81. The van der Waals surface area contributed by atoms with Gasteiger partial charge in [0, 0.05) is 34.6 Å². The van der Waals surface area contributed by atoms with E-state index in [0.717, 1.165) is 21.8 Å². The van der Waals surface area contributed by atoms with Crippen LogP contribution in [0.2, 0.25) is 0 Å². The molecule has 0 aliphatic carbocycles. The Hall–Kier alpha value is -1.55. The lowest BCUT2D eigenvalue weighted by atomic mass is 10.2. The number of hydrogen-bond donors (Lipinski definition) is 0. The minimum absolute atomic E-state index is 0.878. The van der Waals surface area contributed by atoms with E-state index in [0.29, 0.717) is 0 Å². The van der Waals surface area contributed by atoms with Crippen molar-refractivity contribution in [2.24, 2.45) is 0 Å². The molecule has 0 atom stereocenters. The molecule has 0 N–H and O–H groups in total. The summed E-state index contributed by atoms with van der Waals surface area (Å²) in [4.78, 5) is 12.2. The van der Waals surface area contributed by atoms with Gasteiger partial charge in [-0.1, -0.05) is 6.58 Å². The van der Waals surface area contributed by atoms with Gasteiger partial charge in [-0.15, -0.1) is 11.3 Å².